The lowest BCUT2D eigenvalue weighted by atomic mass is 10.3. The molecule has 92 valence electrons. The molecule has 1 unspecified atom stereocenters. The van der Waals surface area contributed by atoms with Crippen molar-refractivity contribution in [2.75, 3.05) is 37.8 Å². The van der Waals surface area contributed by atoms with Gasteiger partial charge in [-0.15, -0.1) is 0 Å². The summed E-state index contributed by atoms with van der Waals surface area (Å²) in [5.41, 5.74) is 0.816. The largest absolute Gasteiger partial charge is 0.378 e. The predicted molar refractivity (Wildman–Crippen MR) is 61.3 cm³/mol. The van der Waals surface area contributed by atoms with Gasteiger partial charge in [0.1, 0.15) is 6.10 Å². The fourth-order valence-corrected chi connectivity index (χ4v) is 1.92. The van der Waals surface area contributed by atoms with Gasteiger partial charge < -0.3 is 14.4 Å². The summed E-state index contributed by atoms with van der Waals surface area (Å²) in [5.74, 6) is 0. The van der Waals surface area contributed by atoms with Crippen LogP contribution >= 0.6 is 0 Å². The van der Waals surface area contributed by atoms with Crippen LogP contribution in [0.2, 0.25) is 0 Å². The standard InChI is InChI=1S/C11H15N3O3/c15-11-5-9(13-1-3-16-4-2-13)6-12-14(11)7-10-8-17-10/h5-6,10H,1-4,7-8H2. The Labute approximate surface area is 98.7 Å². The highest BCUT2D eigenvalue weighted by atomic mass is 16.6. The predicted octanol–water partition coefficient (Wildman–Crippen LogP) is -0.521. The number of hydrogen-bond acceptors (Lipinski definition) is 5. The second-order valence-corrected chi connectivity index (χ2v) is 4.29. The highest BCUT2D eigenvalue weighted by Crippen LogP contribution is 2.13. The highest BCUT2D eigenvalue weighted by molar-refractivity contribution is 5.43. The molecule has 0 N–H and O–H groups in total. The van der Waals surface area contributed by atoms with E-state index in [-0.39, 0.29) is 11.7 Å². The summed E-state index contributed by atoms with van der Waals surface area (Å²) < 4.78 is 11.8. The third-order valence-electron chi connectivity index (χ3n) is 3.01. The van der Waals surface area contributed by atoms with Crippen molar-refractivity contribution in [3.05, 3.63) is 22.6 Å². The molecule has 6 nitrogen and oxygen atoms in total. The lowest BCUT2D eigenvalue weighted by Gasteiger charge is -2.28. The molecule has 0 aromatic carbocycles. The van der Waals surface area contributed by atoms with Crippen LogP contribution in [0.5, 0.6) is 0 Å². The minimum Gasteiger partial charge on any atom is -0.378 e. The Morgan fingerprint density at radius 2 is 2.18 bits per heavy atom. The smallest absolute Gasteiger partial charge is 0.268 e. The molecule has 6 heteroatoms. The molecule has 17 heavy (non-hydrogen) atoms. The zero-order valence-electron chi connectivity index (χ0n) is 9.54. The van der Waals surface area contributed by atoms with Gasteiger partial charge in [-0.3, -0.25) is 4.79 Å². The number of anilines is 1. The first-order valence-corrected chi connectivity index (χ1v) is 5.84. The topological polar surface area (TPSA) is 59.9 Å². The van der Waals surface area contributed by atoms with E-state index in [1.807, 2.05) is 0 Å². The maximum atomic E-state index is 11.8. The summed E-state index contributed by atoms with van der Waals surface area (Å²) in [4.78, 5) is 14.0. The number of hydrogen-bond donors (Lipinski definition) is 0. The molecule has 1 aromatic rings. The van der Waals surface area contributed by atoms with E-state index in [0.29, 0.717) is 19.8 Å². The number of aromatic nitrogens is 2. The van der Waals surface area contributed by atoms with Gasteiger partial charge in [0.05, 0.1) is 38.2 Å². The van der Waals surface area contributed by atoms with Gasteiger partial charge in [-0.2, -0.15) is 5.10 Å². The molecule has 0 bridgehead atoms. The zero-order valence-corrected chi connectivity index (χ0v) is 9.54. The van der Waals surface area contributed by atoms with Crippen LogP contribution in [0.3, 0.4) is 0 Å². The van der Waals surface area contributed by atoms with Gasteiger partial charge >= 0.3 is 0 Å². The van der Waals surface area contributed by atoms with Gasteiger partial charge in [-0.25, -0.2) is 4.68 Å². The van der Waals surface area contributed by atoms with E-state index in [1.165, 1.54) is 4.68 Å². The molecule has 0 spiro atoms. The molecule has 2 saturated heterocycles. The zero-order chi connectivity index (χ0) is 11.7. The quantitative estimate of drug-likeness (QED) is 0.662. The summed E-state index contributed by atoms with van der Waals surface area (Å²) in [6.07, 6.45) is 1.92. The van der Waals surface area contributed by atoms with Crippen molar-refractivity contribution in [1.82, 2.24) is 9.78 Å². The molecule has 0 saturated carbocycles. The van der Waals surface area contributed by atoms with Crippen LogP contribution in [-0.4, -0.2) is 48.8 Å². The van der Waals surface area contributed by atoms with Crippen molar-refractivity contribution in [3.63, 3.8) is 0 Å². The van der Waals surface area contributed by atoms with E-state index >= 15 is 0 Å². The van der Waals surface area contributed by atoms with Gasteiger partial charge in [-0.1, -0.05) is 0 Å². The highest BCUT2D eigenvalue weighted by Gasteiger charge is 2.24. The first-order valence-electron chi connectivity index (χ1n) is 5.84. The van der Waals surface area contributed by atoms with E-state index in [0.717, 1.165) is 25.4 Å². The molecule has 1 aromatic heterocycles. The molecule has 2 fully saturated rings. The van der Waals surface area contributed by atoms with Crippen molar-refractivity contribution >= 4 is 5.69 Å². The summed E-state index contributed by atoms with van der Waals surface area (Å²) in [6, 6.07) is 1.64. The summed E-state index contributed by atoms with van der Waals surface area (Å²) >= 11 is 0. The Kier molecular flexibility index (Phi) is 2.82. The Morgan fingerprint density at radius 3 is 2.82 bits per heavy atom. The third kappa shape index (κ3) is 2.48. The van der Waals surface area contributed by atoms with Gasteiger partial charge in [0.2, 0.25) is 0 Å². The maximum absolute atomic E-state index is 11.8. The molecule has 2 aliphatic rings. The van der Waals surface area contributed by atoms with Crippen molar-refractivity contribution in [3.8, 4) is 0 Å². The van der Waals surface area contributed by atoms with Crippen LogP contribution in [0.4, 0.5) is 5.69 Å². The minimum atomic E-state index is -0.0653. The maximum Gasteiger partial charge on any atom is 0.268 e. The van der Waals surface area contributed by atoms with Crippen LogP contribution in [0.1, 0.15) is 0 Å². The lowest BCUT2D eigenvalue weighted by Crippen LogP contribution is -2.37. The molecule has 3 heterocycles. The van der Waals surface area contributed by atoms with Gasteiger partial charge in [-0.05, 0) is 0 Å². The van der Waals surface area contributed by atoms with E-state index in [2.05, 4.69) is 10.00 Å². The number of epoxide rings is 1. The SMILES string of the molecule is O=c1cc(N2CCOCC2)cnn1CC1CO1. The van der Waals surface area contributed by atoms with Gasteiger partial charge in [0, 0.05) is 19.2 Å². The minimum absolute atomic E-state index is 0.0653. The Morgan fingerprint density at radius 1 is 1.41 bits per heavy atom. The molecule has 0 aliphatic carbocycles. The van der Waals surface area contributed by atoms with Crippen LogP contribution in [-0.2, 0) is 16.0 Å². The van der Waals surface area contributed by atoms with Crippen LogP contribution in [0.25, 0.3) is 0 Å². The Bertz CT molecular complexity index is 450. The summed E-state index contributed by atoms with van der Waals surface area (Å²) in [6.45, 7) is 4.34. The first kappa shape index (κ1) is 10.7. The number of nitrogens with zero attached hydrogens (tertiary/aromatic N) is 3. The van der Waals surface area contributed by atoms with Gasteiger partial charge in [0.25, 0.3) is 5.56 Å². The summed E-state index contributed by atoms with van der Waals surface area (Å²) in [7, 11) is 0. The van der Waals surface area contributed by atoms with Crippen molar-refractivity contribution in [2.24, 2.45) is 0 Å². The molecule has 2 aliphatic heterocycles. The second kappa shape index (κ2) is 4.46. The number of ether oxygens (including phenoxy) is 2. The number of rotatable bonds is 3. The van der Waals surface area contributed by atoms with E-state index in [9.17, 15) is 4.79 Å². The summed E-state index contributed by atoms with van der Waals surface area (Å²) in [5, 5.41) is 4.18. The fourth-order valence-electron chi connectivity index (χ4n) is 1.92. The molecular weight excluding hydrogens is 222 g/mol. The van der Waals surface area contributed by atoms with Crippen molar-refractivity contribution in [2.45, 2.75) is 12.6 Å². The number of morpholine rings is 1. The fraction of sp³-hybridized carbons (Fsp3) is 0.636. The molecule has 0 amide bonds. The van der Waals surface area contributed by atoms with Crippen molar-refractivity contribution < 1.29 is 9.47 Å². The van der Waals surface area contributed by atoms with E-state index in [4.69, 9.17) is 9.47 Å². The van der Waals surface area contributed by atoms with E-state index in [1.54, 1.807) is 12.3 Å². The molecule has 1 atom stereocenters. The first-order chi connectivity index (χ1) is 8.33. The van der Waals surface area contributed by atoms with Crippen molar-refractivity contribution in [1.29, 1.82) is 0 Å². The third-order valence-corrected chi connectivity index (χ3v) is 3.01. The van der Waals surface area contributed by atoms with Gasteiger partial charge in [0.15, 0.2) is 0 Å². The monoisotopic (exact) mass is 237 g/mol. The average Bonchev–Trinajstić information content (AvgIpc) is 3.17. The molecule has 0 radical (unpaired) electrons. The normalized spacial score (nSPS) is 23.8. The molecule has 3 rings (SSSR count). The second-order valence-electron chi connectivity index (χ2n) is 4.29. The Balaban J connectivity index is 1.76. The van der Waals surface area contributed by atoms with Crippen LogP contribution in [0.15, 0.2) is 17.1 Å². The van der Waals surface area contributed by atoms with E-state index < -0.39 is 0 Å². The average molecular weight is 237 g/mol. The Hall–Kier alpha value is -1.40. The van der Waals surface area contributed by atoms with Crippen LogP contribution < -0.4 is 10.5 Å². The molecular formula is C11H15N3O3. The lowest BCUT2D eigenvalue weighted by molar-refractivity contribution is 0.122. The van der Waals surface area contributed by atoms with Crippen LogP contribution in [0, 0.1) is 0 Å².